The van der Waals surface area contributed by atoms with E-state index in [1.807, 2.05) is 0 Å². The molecule has 3 aromatic rings. The van der Waals surface area contributed by atoms with Gasteiger partial charge >= 0.3 is 19.3 Å². The van der Waals surface area contributed by atoms with Crippen LogP contribution in [0.3, 0.4) is 0 Å². The number of aromatic nitrogens is 1. The van der Waals surface area contributed by atoms with E-state index in [1.165, 1.54) is 6.08 Å². The Kier molecular flexibility index (Phi) is 5.90. The SMILES string of the molecule is CCOC(=O)C1=N/C(=C/c2c3ccccc3c(C(=O)OCC)n2B(F)F)c2ccccc21. The first-order chi connectivity index (χ1) is 15.5. The molecule has 1 aliphatic heterocycles. The molecule has 0 atom stereocenters. The van der Waals surface area contributed by atoms with Crippen molar-refractivity contribution in [2.75, 3.05) is 13.2 Å². The zero-order valence-electron chi connectivity index (χ0n) is 17.5. The quantitative estimate of drug-likeness (QED) is 0.423. The first kappa shape index (κ1) is 21.5. The van der Waals surface area contributed by atoms with Crippen LogP contribution in [0.15, 0.2) is 53.5 Å². The molecule has 0 fully saturated rings. The Labute approximate surface area is 183 Å². The Bertz CT molecular complexity index is 1280. The molecule has 2 heterocycles. The number of carbonyl (C=O) groups is 2. The normalized spacial score (nSPS) is 13.8. The second-order valence-corrected chi connectivity index (χ2v) is 6.90. The molecular formula is C23H19BF2N2O4. The maximum Gasteiger partial charge on any atom is 0.678 e. The summed E-state index contributed by atoms with van der Waals surface area (Å²) in [5.74, 6) is -1.43. The van der Waals surface area contributed by atoms with Gasteiger partial charge in [-0.1, -0.05) is 48.5 Å². The molecule has 0 saturated carbocycles. The fraction of sp³-hybridized carbons (Fsp3) is 0.174. The van der Waals surface area contributed by atoms with Crippen molar-refractivity contribution in [3.8, 4) is 0 Å². The fourth-order valence-electron chi connectivity index (χ4n) is 3.80. The zero-order chi connectivity index (χ0) is 22.8. The molecule has 0 saturated heterocycles. The lowest BCUT2D eigenvalue weighted by atomic mass is 10.0. The lowest BCUT2D eigenvalue weighted by Crippen LogP contribution is -2.22. The van der Waals surface area contributed by atoms with Gasteiger partial charge < -0.3 is 14.0 Å². The summed E-state index contributed by atoms with van der Waals surface area (Å²) in [6.45, 7) is 3.54. The molecule has 9 heteroatoms. The van der Waals surface area contributed by atoms with Crippen LogP contribution in [0.5, 0.6) is 0 Å². The van der Waals surface area contributed by atoms with Gasteiger partial charge in [-0.05, 0) is 19.9 Å². The Morgan fingerprint density at radius 2 is 1.53 bits per heavy atom. The largest absolute Gasteiger partial charge is 0.678 e. The lowest BCUT2D eigenvalue weighted by molar-refractivity contribution is -0.134. The number of ether oxygens (including phenoxy) is 2. The summed E-state index contributed by atoms with van der Waals surface area (Å²) in [7, 11) is -3.00. The molecule has 0 bridgehead atoms. The predicted octanol–water partition coefficient (Wildman–Crippen LogP) is 4.45. The molecule has 0 amide bonds. The Morgan fingerprint density at radius 1 is 0.938 bits per heavy atom. The van der Waals surface area contributed by atoms with Crippen molar-refractivity contribution in [1.29, 1.82) is 0 Å². The van der Waals surface area contributed by atoms with E-state index in [9.17, 15) is 18.2 Å². The highest BCUT2D eigenvalue weighted by Crippen LogP contribution is 2.35. The standard InChI is InChI=1S/C23H19BF2N2O4/c1-3-31-22(29)20-16-11-7-5-9-14(16)18(27-20)13-19-15-10-6-8-12-17(15)21(23(30)32-4-2)28(19)24(25)26/h5-13H,3-4H2,1-2H3/b18-13+. The number of hydrogen-bond donors (Lipinski definition) is 0. The van der Waals surface area contributed by atoms with Gasteiger partial charge in [0.1, 0.15) is 5.69 Å². The van der Waals surface area contributed by atoms with Crippen molar-refractivity contribution in [3.05, 3.63) is 71.0 Å². The molecule has 0 N–H and O–H groups in total. The van der Waals surface area contributed by atoms with Crippen LogP contribution in [-0.2, 0) is 14.3 Å². The molecular weight excluding hydrogens is 417 g/mol. The Morgan fingerprint density at radius 3 is 2.19 bits per heavy atom. The van der Waals surface area contributed by atoms with Crippen LogP contribution in [0.25, 0.3) is 22.5 Å². The van der Waals surface area contributed by atoms with Gasteiger partial charge in [0.2, 0.25) is 0 Å². The second-order valence-electron chi connectivity index (χ2n) is 6.90. The van der Waals surface area contributed by atoms with E-state index in [4.69, 9.17) is 9.47 Å². The molecule has 2 aromatic carbocycles. The van der Waals surface area contributed by atoms with Gasteiger partial charge in [-0.15, -0.1) is 0 Å². The molecule has 0 radical (unpaired) electrons. The van der Waals surface area contributed by atoms with E-state index in [0.717, 1.165) is 0 Å². The van der Waals surface area contributed by atoms with Gasteiger partial charge in [0.25, 0.3) is 0 Å². The molecule has 0 unspecified atom stereocenters. The minimum atomic E-state index is -3.00. The third-order valence-electron chi connectivity index (χ3n) is 5.06. The first-order valence-electron chi connectivity index (χ1n) is 10.1. The topological polar surface area (TPSA) is 69.9 Å². The summed E-state index contributed by atoms with van der Waals surface area (Å²) < 4.78 is 39.2. The summed E-state index contributed by atoms with van der Waals surface area (Å²) >= 11 is 0. The smallest absolute Gasteiger partial charge is 0.461 e. The summed E-state index contributed by atoms with van der Waals surface area (Å²) in [5.41, 5.74) is 1.46. The number of fused-ring (bicyclic) bond motifs is 2. The third-order valence-corrected chi connectivity index (χ3v) is 5.06. The van der Waals surface area contributed by atoms with Gasteiger partial charge in [-0.25, -0.2) is 14.6 Å². The molecule has 1 aliphatic rings. The van der Waals surface area contributed by atoms with Gasteiger partial charge in [0, 0.05) is 27.6 Å². The van der Waals surface area contributed by atoms with Crippen molar-refractivity contribution in [1.82, 2.24) is 4.48 Å². The van der Waals surface area contributed by atoms with Crippen LogP contribution in [0, 0.1) is 0 Å². The Hall–Kier alpha value is -3.75. The molecule has 32 heavy (non-hydrogen) atoms. The highest BCUT2D eigenvalue weighted by atomic mass is 19.2. The number of hydrogen-bond acceptors (Lipinski definition) is 5. The number of halogens is 2. The van der Waals surface area contributed by atoms with Gasteiger partial charge in [0.15, 0.2) is 5.71 Å². The van der Waals surface area contributed by atoms with Crippen LogP contribution >= 0.6 is 0 Å². The number of carbonyl (C=O) groups excluding carboxylic acids is 2. The van der Waals surface area contributed by atoms with Crippen molar-refractivity contribution >= 4 is 47.6 Å². The van der Waals surface area contributed by atoms with E-state index in [-0.39, 0.29) is 30.3 Å². The molecule has 6 nitrogen and oxygen atoms in total. The number of esters is 2. The van der Waals surface area contributed by atoms with E-state index in [2.05, 4.69) is 4.99 Å². The molecule has 4 rings (SSSR count). The van der Waals surface area contributed by atoms with Crippen molar-refractivity contribution in [2.45, 2.75) is 13.8 Å². The molecule has 162 valence electrons. The maximum atomic E-state index is 14.2. The summed E-state index contributed by atoms with van der Waals surface area (Å²) in [5, 5.41) is 0.791. The minimum absolute atomic E-state index is 0.0541. The predicted molar refractivity (Wildman–Crippen MR) is 119 cm³/mol. The third kappa shape index (κ3) is 3.59. The lowest BCUT2D eigenvalue weighted by Gasteiger charge is -2.08. The van der Waals surface area contributed by atoms with Crippen LogP contribution in [0.4, 0.5) is 8.63 Å². The van der Waals surface area contributed by atoms with Crippen molar-refractivity contribution in [2.24, 2.45) is 4.99 Å². The van der Waals surface area contributed by atoms with Crippen molar-refractivity contribution in [3.63, 3.8) is 0 Å². The minimum Gasteiger partial charge on any atom is -0.461 e. The Balaban J connectivity index is 1.98. The average molecular weight is 436 g/mol. The van der Waals surface area contributed by atoms with Crippen LogP contribution < -0.4 is 0 Å². The number of aliphatic imine (C=N–C) groups is 1. The average Bonchev–Trinajstić information content (AvgIpc) is 3.31. The second kappa shape index (κ2) is 8.78. The first-order valence-corrected chi connectivity index (χ1v) is 10.1. The summed E-state index contributed by atoms with van der Waals surface area (Å²) in [6.07, 6.45) is 1.46. The van der Waals surface area contributed by atoms with E-state index >= 15 is 0 Å². The molecule has 0 aliphatic carbocycles. The van der Waals surface area contributed by atoms with E-state index in [0.29, 0.717) is 32.1 Å². The van der Waals surface area contributed by atoms with Gasteiger partial charge in [-0.2, -0.15) is 0 Å². The van der Waals surface area contributed by atoms with Crippen LogP contribution in [0.2, 0.25) is 0 Å². The molecule has 0 spiro atoms. The monoisotopic (exact) mass is 436 g/mol. The number of rotatable bonds is 6. The number of benzene rings is 2. The van der Waals surface area contributed by atoms with Crippen molar-refractivity contribution < 1.29 is 27.7 Å². The molecule has 1 aromatic heterocycles. The van der Waals surface area contributed by atoms with E-state index in [1.54, 1.807) is 62.4 Å². The highest BCUT2D eigenvalue weighted by molar-refractivity contribution is 6.47. The summed E-state index contributed by atoms with van der Waals surface area (Å²) in [6, 6.07) is 13.6. The van der Waals surface area contributed by atoms with E-state index < -0.39 is 19.3 Å². The zero-order valence-corrected chi connectivity index (χ0v) is 17.5. The highest BCUT2D eigenvalue weighted by Gasteiger charge is 2.32. The number of nitrogens with zero attached hydrogens (tertiary/aromatic N) is 2. The van der Waals surface area contributed by atoms with Crippen LogP contribution in [-0.4, -0.2) is 42.7 Å². The summed E-state index contributed by atoms with van der Waals surface area (Å²) in [4.78, 5) is 29.3. The van der Waals surface area contributed by atoms with Crippen LogP contribution in [0.1, 0.15) is 41.2 Å². The van der Waals surface area contributed by atoms with Gasteiger partial charge in [-0.3, -0.25) is 8.63 Å². The maximum absolute atomic E-state index is 14.2. The fourth-order valence-corrected chi connectivity index (χ4v) is 3.80. The van der Waals surface area contributed by atoms with Gasteiger partial charge in [0.05, 0.1) is 18.9 Å².